The molecule has 0 aliphatic carbocycles. The number of benzene rings is 2. The van der Waals surface area contributed by atoms with Crippen LogP contribution in [-0.4, -0.2) is 37.1 Å². The maximum atomic E-state index is 13.4. The molecule has 1 aliphatic rings. The zero-order valence-electron chi connectivity index (χ0n) is 18.7. The Morgan fingerprint density at radius 1 is 0.871 bits per heavy atom. The summed E-state index contributed by atoms with van der Waals surface area (Å²) >= 11 is 0. The molecule has 0 spiro atoms. The third kappa shape index (κ3) is 4.78. The Labute approximate surface area is 184 Å². The van der Waals surface area contributed by atoms with E-state index < -0.39 is 0 Å². The number of pyridine rings is 1. The topological polar surface area (TPSA) is 57.3 Å². The summed E-state index contributed by atoms with van der Waals surface area (Å²) in [7, 11) is 0. The number of aryl methyl sites for hydroxylation is 4. The number of nitrogens with zero attached hydrogens (tertiary/aromatic N) is 2. The van der Waals surface area contributed by atoms with E-state index in [9.17, 15) is 4.79 Å². The summed E-state index contributed by atoms with van der Waals surface area (Å²) in [6, 6.07) is 12.6. The van der Waals surface area contributed by atoms with Gasteiger partial charge in [0.2, 0.25) is 0 Å². The molecule has 0 atom stereocenters. The Bertz CT molecular complexity index is 1080. The van der Waals surface area contributed by atoms with Crippen LogP contribution < -0.4 is 15.5 Å². The molecule has 5 nitrogen and oxygen atoms in total. The highest BCUT2D eigenvalue weighted by atomic mass is 16.1. The van der Waals surface area contributed by atoms with Gasteiger partial charge in [0.05, 0.1) is 11.3 Å². The molecular formula is C26H30N4O. The van der Waals surface area contributed by atoms with E-state index >= 15 is 0 Å². The van der Waals surface area contributed by atoms with Gasteiger partial charge in [0, 0.05) is 49.8 Å². The van der Waals surface area contributed by atoms with Gasteiger partial charge in [-0.3, -0.25) is 9.78 Å². The maximum Gasteiger partial charge on any atom is 0.259 e. The summed E-state index contributed by atoms with van der Waals surface area (Å²) in [6.45, 7) is 11.8. The normalized spacial score (nSPS) is 13.9. The number of aromatic nitrogens is 1. The predicted octanol–water partition coefficient (Wildman–Crippen LogP) is 4.64. The number of amides is 1. The third-order valence-corrected chi connectivity index (χ3v) is 5.61. The third-order valence-electron chi connectivity index (χ3n) is 5.61. The van der Waals surface area contributed by atoms with E-state index in [1.807, 2.05) is 32.2 Å². The Morgan fingerprint density at radius 2 is 1.45 bits per heavy atom. The number of hydrogen-bond donors (Lipinski definition) is 2. The highest BCUT2D eigenvalue weighted by Gasteiger charge is 2.23. The summed E-state index contributed by atoms with van der Waals surface area (Å²) in [6.07, 6.45) is 3.58. The summed E-state index contributed by atoms with van der Waals surface area (Å²) < 4.78 is 0. The number of rotatable bonds is 4. The molecule has 1 aromatic heterocycles. The first-order valence-electron chi connectivity index (χ1n) is 10.8. The molecule has 0 bridgehead atoms. The van der Waals surface area contributed by atoms with Crippen molar-refractivity contribution in [2.45, 2.75) is 27.7 Å². The van der Waals surface area contributed by atoms with Crippen LogP contribution in [-0.2, 0) is 0 Å². The monoisotopic (exact) mass is 414 g/mol. The van der Waals surface area contributed by atoms with Crippen molar-refractivity contribution in [1.82, 2.24) is 10.3 Å². The van der Waals surface area contributed by atoms with E-state index in [1.165, 1.54) is 11.1 Å². The van der Waals surface area contributed by atoms with Gasteiger partial charge in [0.25, 0.3) is 5.91 Å². The SMILES string of the molecule is Cc1cc(C)cc(NC(=O)c2cncc(-c3cc(C)cc(C)c3)c2N2CCNCC2)c1. The van der Waals surface area contributed by atoms with Gasteiger partial charge >= 0.3 is 0 Å². The Balaban J connectivity index is 1.80. The zero-order valence-corrected chi connectivity index (χ0v) is 18.7. The van der Waals surface area contributed by atoms with Crippen LogP contribution in [0.15, 0.2) is 48.8 Å². The molecule has 3 aromatic rings. The first kappa shape index (κ1) is 21.1. The molecule has 0 radical (unpaired) electrons. The van der Waals surface area contributed by atoms with Gasteiger partial charge in [0.15, 0.2) is 0 Å². The Morgan fingerprint density at radius 3 is 2.06 bits per heavy atom. The molecule has 0 unspecified atom stereocenters. The van der Waals surface area contributed by atoms with Gasteiger partial charge in [-0.15, -0.1) is 0 Å². The van der Waals surface area contributed by atoms with Crippen LogP contribution in [0.5, 0.6) is 0 Å². The van der Waals surface area contributed by atoms with E-state index in [4.69, 9.17) is 0 Å². The second kappa shape index (κ2) is 8.90. The highest BCUT2D eigenvalue weighted by Crippen LogP contribution is 2.35. The van der Waals surface area contributed by atoms with E-state index in [1.54, 1.807) is 6.20 Å². The van der Waals surface area contributed by atoms with Gasteiger partial charge in [-0.05, 0) is 56.5 Å². The summed E-state index contributed by atoms with van der Waals surface area (Å²) in [5.74, 6) is -0.128. The minimum atomic E-state index is -0.128. The van der Waals surface area contributed by atoms with Gasteiger partial charge in [0.1, 0.15) is 0 Å². The number of piperazine rings is 1. The number of carbonyl (C=O) groups excluding carboxylic acids is 1. The first-order chi connectivity index (χ1) is 14.9. The zero-order chi connectivity index (χ0) is 22.0. The van der Waals surface area contributed by atoms with Crippen molar-refractivity contribution in [2.24, 2.45) is 0 Å². The van der Waals surface area contributed by atoms with Gasteiger partial charge in [-0.2, -0.15) is 0 Å². The summed E-state index contributed by atoms with van der Waals surface area (Å²) in [5, 5.41) is 6.50. The van der Waals surface area contributed by atoms with Crippen LogP contribution in [0.4, 0.5) is 11.4 Å². The van der Waals surface area contributed by atoms with Crippen molar-refractivity contribution in [3.8, 4) is 11.1 Å². The number of hydrogen-bond acceptors (Lipinski definition) is 4. The fourth-order valence-corrected chi connectivity index (χ4v) is 4.44. The van der Waals surface area contributed by atoms with Crippen molar-refractivity contribution in [2.75, 3.05) is 36.4 Å². The summed E-state index contributed by atoms with van der Waals surface area (Å²) in [5.41, 5.74) is 9.13. The van der Waals surface area contributed by atoms with Crippen molar-refractivity contribution in [3.05, 3.63) is 76.6 Å². The minimum absolute atomic E-state index is 0.128. The first-order valence-corrected chi connectivity index (χ1v) is 10.8. The lowest BCUT2D eigenvalue weighted by molar-refractivity contribution is 0.102. The maximum absolute atomic E-state index is 13.4. The van der Waals surface area contributed by atoms with Crippen LogP contribution in [0.1, 0.15) is 32.6 Å². The Hall–Kier alpha value is -3.18. The van der Waals surface area contributed by atoms with Gasteiger partial charge < -0.3 is 15.5 Å². The van der Waals surface area contributed by atoms with Crippen LogP contribution in [0.25, 0.3) is 11.1 Å². The smallest absolute Gasteiger partial charge is 0.259 e. The lowest BCUT2D eigenvalue weighted by Crippen LogP contribution is -2.44. The second-order valence-electron chi connectivity index (χ2n) is 8.53. The average Bonchev–Trinajstić information content (AvgIpc) is 2.72. The van der Waals surface area contributed by atoms with Gasteiger partial charge in [-0.1, -0.05) is 35.4 Å². The lowest BCUT2D eigenvalue weighted by atomic mass is 9.97. The van der Waals surface area contributed by atoms with E-state index in [0.29, 0.717) is 5.56 Å². The largest absolute Gasteiger partial charge is 0.368 e. The van der Waals surface area contributed by atoms with Crippen molar-refractivity contribution < 1.29 is 4.79 Å². The predicted molar refractivity (Wildman–Crippen MR) is 128 cm³/mol. The molecule has 1 fully saturated rings. The van der Waals surface area contributed by atoms with Crippen LogP contribution in [0, 0.1) is 27.7 Å². The molecule has 1 aliphatic heterocycles. The minimum Gasteiger partial charge on any atom is -0.368 e. The molecule has 0 saturated carbocycles. The van der Waals surface area contributed by atoms with Crippen LogP contribution >= 0.6 is 0 Å². The number of carbonyl (C=O) groups is 1. The van der Waals surface area contributed by atoms with Crippen LogP contribution in [0.3, 0.4) is 0 Å². The fourth-order valence-electron chi connectivity index (χ4n) is 4.44. The highest BCUT2D eigenvalue weighted by molar-refractivity contribution is 6.10. The van der Waals surface area contributed by atoms with Crippen molar-refractivity contribution in [3.63, 3.8) is 0 Å². The molecule has 160 valence electrons. The van der Waals surface area contributed by atoms with Gasteiger partial charge in [-0.25, -0.2) is 0 Å². The average molecular weight is 415 g/mol. The molecule has 1 amide bonds. The molecule has 2 aromatic carbocycles. The molecule has 5 heteroatoms. The number of nitrogens with one attached hydrogen (secondary N) is 2. The van der Waals surface area contributed by atoms with E-state index in [2.05, 4.69) is 58.6 Å². The van der Waals surface area contributed by atoms with Crippen molar-refractivity contribution in [1.29, 1.82) is 0 Å². The fraction of sp³-hybridized carbons (Fsp3) is 0.308. The molecular weight excluding hydrogens is 384 g/mol. The summed E-state index contributed by atoms with van der Waals surface area (Å²) in [4.78, 5) is 20.2. The molecule has 31 heavy (non-hydrogen) atoms. The lowest BCUT2D eigenvalue weighted by Gasteiger charge is -2.32. The molecule has 1 saturated heterocycles. The molecule has 4 rings (SSSR count). The standard InChI is InChI=1S/C26H30N4O/c1-17-9-18(2)12-21(11-17)23-15-28-16-24(25(23)30-7-5-27-6-8-30)26(31)29-22-13-19(3)10-20(4)14-22/h9-16,27H,5-8H2,1-4H3,(H,29,31). The quantitative estimate of drug-likeness (QED) is 0.653. The van der Waals surface area contributed by atoms with Crippen LogP contribution in [0.2, 0.25) is 0 Å². The second-order valence-corrected chi connectivity index (χ2v) is 8.53. The van der Waals surface area contributed by atoms with E-state index in [-0.39, 0.29) is 5.91 Å². The molecule has 2 N–H and O–H groups in total. The van der Waals surface area contributed by atoms with Crippen molar-refractivity contribution >= 4 is 17.3 Å². The number of anilines is 2. The molecule has 2 heterocycles. The van der Waals surface area contributed by atoms with E-state index in [0.717, 1.165) is 59.8 Å². The Kier molecular flexibility index (Phi) is 6.05.